The van der Waals surface area contributed by atoms with Gasteiger partial charge < -0.3 is 10.5 Å². The Balaban J connectivity index is 1.59. The Morgan fingerprint density at radius 1 is 1.12 bits per heavy atom. The van der Waals surface area contributed by atoms with Crippen LogP contribution in [0, 0.1) is 6.92 Å². The zero-order valence-electron chi connectivity index (χ0n) is 18.4. The maximum atomic E-state index is 11.9. The number of amides is 1. The quantitative estimate of drug-likeness (QED) is 0.334. The third kappa shape index (κ3) is 4.25. The number of nitrogens with zero attached hydrogens (tertiary/aromatic N) is 5. The largest absolute Gasteiger partial charge is 0.497 e. The second-order valence-corrected chi connectivity index (χ2v) is 9.38. The number of primary amides is 1. The molecule has 3 heterocycles. The van der Waals surface area contributed by atoms with Crippen LogP contribution in [0.3, 0.4) is 0 Å². The summed E-state index contributed by atoms with van der Waals surface area (Å²) >= 11 is 2.89. The van der Waals surface area contributed by atoms with Crippen LogP contribution in [-0.4, -0.2) is 37.7 Å². The fourth-order valence-corrected chi connectivity index (χ4v) is 5.56. The molecule has 1 amide bonds. The SMILES string of the molecule is COc1ccc(-c2csc3ncnc(Sc4nnc(-c5cccc(C)c5)n4CC(N)=O)c23)cc1. The summed E-state index contributed by atoms with van der Waals surface area (Å²) in [4.78, 5) is 21.7. The summed E-state index contributed by atoms with van der Waals surface area (Å²) in [5, 5.41) is 13.0. The number of hydrogen-bond acceptors (Lipinski definition) is 8. The van der Waals surface area contributed by atoms with Crippen molar-refractivity contribution in [3.63, 3.8) is 0 Å². The van der Waals surface area contributed by atoms with E-state index < -0.39 is 5.91 Å². The predicted molar refractivity (Wildman–Crippen MR) is 133 cm³/mol. The molecule has 2 aromatic carbocycles. The molecule has 0 aliphatic heterocycles. The topological polar surface area (TPSA) is 109 Å². The van der Waals surface area contributed by atoms with Crippen molar-refractivity contribution >= 4 is 39.2 Å². The molecule has 0 aliphatic carbocycles. The average Bonchev–Trinajstić information content (AvgIpc) is 3.44. The molecule has 0 aliphatic rings. The minimum absolute atomic E-state index is 0.0399. The van der Waals surface area contributed by atoms with Gasteiger partial charge in [0.1, 0.15) is 28.5 Å². The van der Waals surface area contributed by atoms with Crippen molar-refractivity contribution in [1.29, 1.82) is 0 Å². The van der Waals surface area contributed by atoms with Crippen molar-refractivity contribution in [1.82, 2.24) is 24.7 Å². The number of rotatable bonds is 7. The lowest BCUT2D eigenvalue weighted by Crippen LogP contribution is -2.20. The van der Waals surface area contributed by atoms with E-state index in [1.807, 2.05) is 55.5 Å². The Morgan fingerprint density at radius 2 is 1.94 bits per heavy atom. The van der Waals surface area contributed by atoms with Gasteiger partial charge in [-0.15, -0.1) is 21.5 Å². The molecule has 5 rings (SSSR count). The van der Waals surface area contributed by atoms with Crippen LogP contribution in [0.5, 0.6) is 5.75 Å². The van der Waals surface area contributed by atoms with E-state index in [1.54, 1.807) is 23.0 Å². The molecule has 8 nitrogen and oxygen atoms in total. The second-order valence-electron chi connectivity index (χ2n) is 7.57. The van der Waals surface area contributed by atoms with Gasteiger partial charge in [0, 0.05) is 16.5 Å². The third-order valence-electron chi connectivity index (χ3n) is 5.23. The zero-order chi connectivity index (χ0) is 23.7. The van der Waals surface area contributed by atoms with E-state index >= 15 is 0 Å². The maximum absolute atomic E-state index is 11.9. The number of methoxy groups -OCH3 is 1. The Bertz CT molecular complexity index is 1490. The summed E-state index contributed by atoms with van der Waals surface area (Å²) in [7, 11) is 1.64. The molecule has 0 saturated carbocycles. The highest BCUT2D eigenvalue weighted by molar-refractivity contribution is 7.99. The molecule has 0 atom stereocenters. The number of benzene rings is 2. The Hall–Kier alpha value is -3.76. The van der Waals surface area contributed by atoms with Crippen molar-refractivity contribution in [2.75, 3.05) is 7.11 Å². The fraction of sp³-hybridized carbons (Fsp3) is 0.125. The van der Waals surface area contributed by atoms with Crippen LogP contribution in [0.2, 0.25) is 0 Å². The summed E-state index contributed by atoms with van der Waals surface area (Å²) in [6.45, 7) is 1.96. The molecule has 10 heteroatoms. The Kier molecular flexibility index (Phi) is 5.99. The number of carbonyl (C=O) groups excluding carboxylic acids is 1. The van der Waals surface area contributed by atoms with E-state index in [-0.39, 0.29) is 6.54 Å². The second kappa shape index (κ2) is 9.24. The summed E-state index contributed by atoms with van der Waals surface area (Å²) in [5.74, 6) is 0.895. The van der Waals surface area contributed by atoms with Gasteiger partial charge in [0.05, 0.1) is 12.5 Å². The van der Waals surface area contributed by atoms with Crippen LogP contribution in [-0.2, 0) is 11.3 Å². The molecule has 5 aromatic rings. The number of nitrogens with two attached hydrogens (primary N) is 1. The number of thiophene rings is 1. The molecule has 0 unspecified atom stereocenters. The number of aromatic nitrogens is 5. The lowest BCUT2D eigenvalue weighted by molar-refractivity contribution is -0.118. The standard InChI is InChI=1S/C24H20N6O2S2/c1-14-4-3-5-16(10-14)21-28-29-24(30(21)11-19(25)31)34-23-20-18(12-33-22(20)26-13-27-23)15-6-8-17(32-2)9-7-15/h3-10,12-13H,11H2,1-2H3,(H2,25,31). The minimum atomic E-state index is -0.474. The van der Waals surface area contributed by atoms with E-state index in [9.17, 15) is 4.79 Å². The highest BCUT2D eigenvalue weighted by Crippen LogP contribution is 2.40. The number of hydrogen-bond donors (Lipinski definition) is 1. The van der Waals surface area contributed by atoms with Crippen molar-refractivity contribution in [3.05, 3.63) is 65.8 Å². The van der Waals surface area contributed by atoms with E-state index in [0.29, 0.717) is 11.0 Å². The van der Waals surface area contributed by atoms with Gasteiger partial charge in [0.2, 0.25) is 5.91 Å². The zero-order valence-corrected chi connectivity index (χ0v) is 20.1. The average molecular weight is 489 g/mol. The van der Waals surface area contributed by atoms with E-state index in [2.05, 4.69) is 25.5 Å². The number of fused-ring (bicyclic) bond motifs is 1. The van der Waals surface area contributed by atoms with Crippen LogP contribution in [0.25, 0.3) is 32.7 Å². The van der Waals surface area contributed by atoms with Crippen molar-refractivity contribution in [3.8, 4) is 28.3 Å². The number of ether oxygens (including phenoxy) is 1. The van der Waals surface area contributed by atoms with Gasteiger partial charge in [-0.2, -0.15) is 0 Å². The smallest absolute Gasteiger partial charge is 0.237 e. The first-order valence-electron chi connectivity index (χ1n) is 10.4. The maximum Gasteiger partial charge on any atom is 0.237 e. The molecule has 170 valence electrons. The first kappa shape index (κ1) is 22.1. The number of aryl methyl sites for hydroxylation is 1. The highest BCUT2D eigenvalue weighted by Gasteiger charge is 2.20. The van der Waals surface area contributed by atoms with E-state index in [1.165, 1.54) is 18.1 Å². The molecule has 0 fully saturated rings. The van der Waals surface area contributed by atoms with E-state index in [0.717, 1.165) is 43.2 Å². The van der Waals surface area contributed by atoms with E-state index in [4.69, 9.17) is 10.5 Å². The van der Waals surface area contributed by atoms with Crippen molar-refractivity contribution < 1.29 is 9.53 Å². The van der Waals surface area contributed by atoms with Gasteiger partial charge in [0.25, 0.3) is 0 Å². The Labute approximate surface area is 203 Å². The molecule has 0 saturated heterocycles. The normalized spacial score (nSPS) is 11.1. The van der Waals surface area contributed by atoms with Crippen LogP contribution < -0.4 is 10.5 Å². The third-order valence-corrected chi connectivity index (χ3v) is 7.11. The molecule has 34 heavy (non-hydrogen) atoms. The monoisotopic (exact) mass is 488 g/mol. The molecule has 3 aromatic heterocycles. The summed E-state index contributed by atoms with van der Waals surface area (Å²) in [5.41, 5.74) is 9.56. The predicted octanol–water partition coefficient (Wildman–Crippen LogP) is 4.57. The summed E-state index contributed by atoms with van der Waals surface area (Å²) in [6.07, 6.45) is 1.54. The molecular formula is C24H20N6O2S2. The van der Waals surface area contributed by atoms with Crippen LogP contribution in [0.1, 0.15) is 5.56 Å². The minimum Gasteiger partial charge on any atom is -0.497 e. The van der Waals surface area contributed by atoms with Crippen molar-refractivity contribution in [2.24, 2.45) is 5.73 Å². The van der Waals surface area contributed by atoms with Crippen LogP contribution in [0.4, 0.5) is 0 Å². The first-order valence-corrected chi connectivity index (χ1v) is 12.1. The van der Waals surface area contributed by atoms with Crippen LogP contribution in [0.15, 0.2) is 70.4 Å². The van der Waals surface area contributed by atoms with Crippen LogP contribution >= 0.6 is 23.1 Å². The van der Waals surface area contributed by atoms with Gasteiger partial charge in [-0.25, -0.2) is 9.97 Å². The fourth-order valence-electron chi connectivity index (χ4n) is 3.65. The van der Waals surface area contributed by atoms with Gasteiger partial charge in [-0.05, 0) is 42.4 Å². The number of carbonyl (C=O) groups is 1. The Morgan fingerprint density at radius 3 is 2.68 bits per heavy atom. The lowest BCUT2D eigenvalue weighted by atomic mass is 10.1. The first-order chi connectivity index (χ1) is 16.5. The van der Waals surface area contributed by atoms with Gasteiger partial charge in [-0.3, -0.25) is 9.36 Å². The molecule has 0 spiro atoms. The summed E-state index contributed by atoms with van der Waals surface area (Å²) < 4.78 is 7.02. The lowest BCUT2D eigenvalue weighted by Gasteiger charge is -2.09. The van der Waals surface area contributed by atoms with Crippen molar-refractivity contribution in [2.45, 2.75) is 23.7 Å². The summed E-state index contributed by atoms with van der Waals surface area (Å²) in [6, 6.07) is 15.7. The highest BCUT2D eigenvalue weighted by atomic mass is 32.2. The van der Waals surface area contributed by atoms with Gasteiger partial charge in [0.15, 0.2) is 11.0 Å². The molecule has 0 bridgehead atoms. The van der Waals surface area contributed by atoms with Gasteiger partial charge in [-0.1, -0.05) is 35.9 Å². The molecule has 0 radical (unpaired) electrons. The van der Waals surface area contributed by atoms with Gasteiger partial charge >= 0.3 is 0 Å². The molecule has 2 N–H and O–H groups in total. The molecular weight excluding hydrogens is 468 g/mol.